The summed E-state index contributed by atoms with van der Waals surface area (Å²) in [7, 11) is 0. The van der Waals surface area contributed by atoms with Gasteiger partial charge in [0.2, 0.25) is 5.91 Å². The minimum atomic E-state index is -0.570. The van der Waals surface area contributed by atoms with Crippen molar-refractivity contribution in [2.75, 3.05) is 5.32 Å². The van der Waals surface area contributed by atoms with Gasteiger partial charge in [0.1, 0.15) is 0 Å². The molecular weight excluding hydrogens is 437 g/mol. The summed E-state index contributed by atoms with van der Waals surface area (Å²) in [5.41, 5.74) is 7.68. The number of hydrogen-bond donors (Lipinski definition) is 2. The SMILES string of the molecule is NC(=O)c1cccc(C(=O)Nc2nc(-c3ccc(I)cc3)cs2)c1. The van der Waals surface area contributed by atoms with Gasteiger partial charge >= 0.3 is 0 Å². The Morgan fingerprint density at radius 2 is 1.79 bits per heavy atom. The topological polar surface area (TPSA) is 85.1 Å². The first-order chi connectivity index (χ1) is 11.5. The standard InChI is InChI=1S/C17H12IN3O2S/c18-13-6-4-10(5-7-13)14-9-24-17(20-14)21-16(23)12-3-1-2-11(8-12)15(19)22/h1-9H,(H2,19,22)(H,20,21,23). The highest BCUT2D eigenvalue weighted by Gasteiger charge is 2.11. The summed E-state index contributed by atoms with van der Waals surface area (Å²) >= 11 is 3.59. The number of nitrogens with zero attached hydrogens (tertiary/aromatic N) is 1. The molecule has 0 radical (unpaired) electrons. The highest BCUT2D eigenvalue weighted by atomic mass is 127. The van der Waals surface area contributed by atoms with Crippen LogP contribution in [-0.4, -0.2) is 16.8 Å². The number of nitrogens with one attached hydrogen (secondary N) is 1. The fraction of sp³-hybridized carbons (Fsp3) is 0. The second-order valence-corrected chi connectivity index (χ2v) is 7.05. The van der Waals surface area contributed by atoms with Gasteiger partial charge in [0.15, 0.2) is 5.13 Å². The van der Waals surface area contributed by atoms with E-state index in [9.17, 15) is 9.59 Å². The molecule has 0 unspecified atom stereocenters. The molecule has 1 aromatic heterocycles. The number of aromatic nitrogens is 1. The van der Waals surface area contributed by atoms with Gasteiger partial charge in [-0.05, 0) is 52.9 Å². The van der Waals surface area contributed by atoms with Gasteiger partial charge in [-0.3, -0.25) is 14.9 Å². The molecule has 1 heterocycles. The first-order valence-electron chi connectivity index (χ1n) is 6.95. The van der Waals surface area contributed by atoms with E-state index in [1.165, 1.54) is 17.4 Å². The van der Waals surface area contributed by atoms with Crippen LogP contribution in [0.3, 0.4) is 0 Å². The maximum atomic E-state index is 12.3. The Hall–Kier alpha value is -2.26. The Labute approximate surface area is 156 Å². The smallest absolute Gasteiger partial charge is 0.257 e. The largest absolute Gasteiger partial charge is 0.366 e. The van der Waals surface area contributed by atoms with Crippen molar-refractivity contribution in [1.29, 1.82) is 0 Å². The Morgan fingerprint density at radius 1 is 1.08 bits per heavy atom. The molecule has 0 bridgehead atoms. The number of hydrogen-bond acceptors (Lipinski definition) is 4. The van der Waals surface area contributed by atoms with Crippen LogP contribution in [0.15, 0.2) is 53.9 Å². The summed E-state index contributed by atoms with van der Waals surface area (Å²) in [6.45, 7) is 0. The quantitative estimate of drug-likeness (QED) is 0.595. The van der Waals surface area contributed by atoms with Crippen molar-refractivity contribution in [3.63, 3.8) is 0 Å². The molecule has 2 aromatic carbocycles. The minimum Gasteiger partial charge on any atom is -0.366 e. The Kier molecular flexibility index (Phi) is 4.91. The number of primary amides is 1. The lowest BCUT2D eigenvalue weighted by Crippen LogP contribution is -2.15. The molecule has 24 heavy (non-hydrogen) atoms. The number of halogens is 1. The summed E-state index contributed by atoms with van der Waals surface area (Å²) in [6.07, 6.45) is 0. The first-order valence-corrected chi connectivity index (χ1v) is 8.91. The van der Waals surface area contributed by atoms with Gasteiger partial charge in [0, 0.05) is 25.6 Å². The Balaban J connectivity index is 1.77. The van der Waals surface area contributed by atoms with Crippen molar-refractivity contribution in [1.82, 2.24) is 4.98 Å². The number of thiazole rings is 1. The van der Waals surface area contributed by atoms with Crippen LogP contribution in [0.2, 0.25) is 0 Å². The van der Waals surface area contributed by atoms with E-state index >= 15 is 0 Å². The lowest BCUT2D eigenvalue weighted by Gasteiger charge is -2.03. The predicted octanol–water partition coefficient (Wildman–Crippen LogP) is 3.77. The van der Waals surface area contributed by atoms with Crippen molar-refractivity contribution >= 4 is 50.9 Å². The van der Waals surface area contributed by atoms with Gasteiger partial charge in [-0.2, -0.15) is 0 Å². The molecule has 0 saturated carbocycles. The van der Waals surface area contributed by atoms with Crippen molar-refractivity contribution in [2.24, 2.45) is 5.73 Å². The maximum absolute atomic E-state index is 12.3. The third kappa shape index (κ3) is 3.80. The number of carbonyl (C=O) groups is 2. The van der Waals surface area contributed by atoms with Gasteiger partial charge in [-0.1, -0.05) is 18.2 Å². The van der Waals surface area contributed by atoms with Crippen LogP contribution < -0.4 is 11.1 Å². The molecule has 0 saturated heterocycles. The van der Waals surface area contributed by atoms with Crippen LogP contribution in [0, 0.1) is 3.57 Å². The molecule has 5 nitrogen and oxygen atoms in total. The Bertz CT molecular complexity index is 906. The second kappa shape index (κ2) is 7.10. The van der Waals surface area contributed by atoms with Gasteiger partial charge in [0.25, 0.3) is 5.91 Å². The number of amides is 2. The van der Waals surface area contributed by atoms with Crippen LogP contribution >= 0.6 is 33.9 Å². The third-order valence-electron chi connectivity index (χ3n) is 3.27. The van der Waals surface area contributed by atoms with Crippen molar-refractivity contribution < 1.29 is 9.59 Å². The molecule has 3 rings (SSSR count). The van der Waals surface area contributed by atoms with Crippen molar-refractivity contribution in [2.45, 2.75) is 0 Å². The molecule has 7 heteroatoms. The lowest BCUT2D eigenvalue weighted by atomic mass is 10.1. The lowest BCUT2D eigenvalue weighted by molar-refractivity contribution is 0.1000. The molecule has 0 fully saturated rings. The average molecular weight is 449 g/mol. The molecular formula is C17H12IN3O2S. The van der Waals surface area contributed by atoms with Gasteiger partial charge in [-0.25, -0.2) is 4.98 Å². The summed E-state index contributed by atoms with van der Waals surface area (Å²) in [4.78, 5) is 27.9. The minimum absolute atomic E-state index is 0.293. The molecule has 120 valence electrons. The third-order valence-corrected chi connectivity index (χ3v) is 4.75. The number of anilines is 1. The van der Waals surface area contributed by atoms with E-state index in [1.807, 2.05) is 29.6 Å². The fourth-order valence-electron chi connectivity index (χ4n) is 2.07. The molecule has 0 aliphatic carbocycles. The van der Waals surface area contributed by atoms with Gasteiger partial charge in [-0.15, -0.1) is 11.3 Å². The van der Waals surface area contributed by atoms with Crippen molar-refractivity contribution in [3.8, 4) is 11.3 Å². The van der Waals surface area contributed by atoms with Crippen LogP contribution in [0.25, 0.3) is 11.3 Å². The zero-order valence-electron chi connectivity index (χ0n) is 12.3. The number of carbonyl (C=O) groups excluding carboxylic acids is 2. The monoisotopic (exact) mass is 449 g/mol. The molecule has 0 spiro atoms. The van der Waals surface area contributed by atoms with Crippen LogP contribution in [0.5, 0.6) is 0 Å². The highest BCUT2D eigenvalue weighted by Crippen LogP contribution is 2.25. The van der Waals surface area contributed by atoms with E-state index < -0.39 is 5.91 Å². The molecule has 2 amide bonds. The van der Waals surface area contributed by atoms with E-state index in [0.29, 0.717) is 16.3 Å². The van der Waals surface area contributed by atoms with Crippen LogP contribution in [-0.2, 0) is 0 Å². The summed E-state index contributed by atoms with van der Waals surface area (Å²) in [5.74, 6) is -0.901. The van der Waals surface area contributed by atoms with Gasteiger partial charge in [0.05, 0.1) is 5.69 Å². The number of rotatable bonds is 4. The summed E-state index contributed by atoms with van der Waals surface area (Å²) < 4.78 is 1.15. The predicted molar refractivity (Wildman–Crippen MR) is 103 cm³/mol. The van der Waals surface area contributed by atoms with E-state index in [1.54, 1.807) is 18.2 Å². The number of nitrogens with two attached hydrogens (primary N) is 1. The van der Waals surface area contributed by atoms with Crippen LogP contribution in [0.4, 0.5) is 5.13 Å². The summed E-state index contributed by atoms with van der Waals surface area (Å²) in [5, 5.41) is 5.13. The maximum Gasteiger partial charge on any atom is 0.257 e. The highest BCUT2D eigenvalue weighted by molar-refractivity contribution is 14.1. The average Bonchev–Trinajstić information content (AvgIpc) is 3.04. The van der Waals surface area contributed by atoms with E-state index in [0.717, 1.165) is 14.8 Å². The second-order valence-electron chi connectivity index (χ2n) is 4.94. The Morgan fingerprint density at radius 3 is 2.50 bits per heavy atom. The molecule has 3 aromatic rings. The normalized spacial score (nSPS) is 10.4. The van der Waals surface area contributed by atoms with Crippen molar-refractivity contribution in [3.05, 3.63) is 68.6 Å². The van der Waals surface area contributed by atoms with E-state index in [4.69, 9.17) is 5.73 Å². The first kappa shape index (κ1) is 16.6. The zero-order valence-corrected chi connectivity index (χ0v) is 15.3. The van der Waals surface area contributed by atoms with Crippen LogP contribution in [0.1, 0.15) is 20.7 Å². The summed E-state index contributed by atoms with van der Waals surface area (Å²) in [6, 6.07) is 14.2. The molecule has 0 atom stereocenters. The molecule has 0 aliphatic heterocycles. The van der Waals surface area contributed by atoms with E-state index in [-0.39, 0.29) is 5.91 Å². The molecule has 0 aliphatic rings. The zero-order chi connectivity index (χ0) is 17.1. The molecule has 3 N–H and O–H groups in total. The fourth-order valence-corrected chi connectivity index (χ4v) is 3.14. The number of benzene rings is 2. The van der Waals surface area contributed by atoms with Gasteiger partial charge < -0.3 is 5.73 Å². The van der Waals surface area contributed by atoms with E-state index in [2.05, 4.69) is 32.9 Å².